The van der Waals surface area contributed by atoms with Crippen LogP contribution < -0.4 is 10.2 Å². The molecule has 1 fully saturated rings. The predicted molar refractivity (Wildman–Crippen MR) is 111 cm³/mol. The highest BCUT2D eigenvalue weighted by Gasteiger charge is 2.25. The summed E-state index contributed by atoms with van der Waals surface area (Å²) in [4.78, 5) is 26.0. The minimum atomic E-state index is -0.216. The third-order valence-electron chi connectivity index (χ3n) is 6.06. The summed E-state index contributed by atoms with van der Waals surface area (Å²) >= 11 is 1.77. The number of quaternary nitrogens is 1. The molecular weight excluding hydrogens is 388 g/mol. The molecule has 9 heteroatoms. The summed E-state index contributed by atoms with van der Waals surface area (Å²) in [5, 5.41) is 8.55. The minimum absolute atomic E-state index is 0.216. The molecule has 1 atom stereocenters. The fourth-order valence-electron chi connectivity index (χ4n) is 4.38. The number of aromatic nitrogens is 4. The molecule has 0 radical (unpaired) electrons. The van der Waals surface area contributed by atoms with Crippen LogP contribution in [0, 0.1) is 12.8 Å². The van der Waals surface area contributed by atoms with Gasteiger partial charge in [-0.1, -0.05) is 6.92 Å². The molecule has 8 nitrogen and oxygen atoms in total. The van der Waals surface area contributed by atoms with Gasteiger partial charge in [-0.05, 0) is 37.7 Å². The summed E-state index contributed by atoms with van der Waals surface area (Å²) in [5.41, 5.74) is 2.12. The highest BCUT2D eigenvalue weighted by Crippen LogP contribution is 2.38. The molecule has 2 aliphatic rings. The number of nitrogens with one attached hydrogen (secondary N) is 2. The van der Waals surface area contributed by atoms with Gasteiger partial charge in [-0.25, -0.2) is 9.97 Å². The summed E-state index contributed by atoms with van der Waals surface area (Å²) in [5.74, 6) is 1.44. The molecule has 3 aromatic rings. The number of thiophene rings is 1. The molecule has 154 valence electrons. The highest BCUT2D eigenvalue weighted by molar-refractivity contribution is 7.19. The second-order valence-corrected chi connectivity index (χ2v) is 9.31. The van der Waals surface area contributed by atoms with Crippen LogP contribution in [0.4, 0.5) is 0 Å². The molecule has 3 aromatic heterocycles. The normalized spacial score (nSPS) is 20.3. The van der Waals surface area contributed by atoms with Gasteiger partial charge in [0.05, 0.1) is 31.7 Å². The van der Waals surface area contributed by atoms with E-state index in [1.54, 1.807) is 15.9 Å². The Balaban J connectivity index is 1.41. The molecule has 2 N–H and O–H groups in total. The fraction of sp³-hybridized carbons (Fsp3) is 0.600. The maximum Gasteiger partial charge on any atom is 0.291 e. The molecule has 1 aliphatic heterocycles. The van der Waals surface area contributed by atoms with Crippen LogP contribution in [-0.4, -0.2) is 64.9 Å². The first-order valence-corrected chi connectivity index (χ1v) is 11.3. The number of morpholine rings is 1. The summed E-state index contributed by atoms with van der Waals surface area (Å²) in [6.45, 7) is 9.30. The van der Waals surface area contributed by atoms with Gasteiger partial charge in [0.15, 0.2) is 5.65 Å². The van der Waals surface area contributed by atoms with Gasteiger partial charge in [-0.15, -0.1) is 16.4 Å². The van der Waals surface area contributed by atoms with Crippen LogP contribution in [0.25, 0.3) is 15.9 Å². The van der Waals surface area contributed by atoms with E-state index in [1.807, 2.05) is 6.92 Å². The van der Waals surface area contributed by atoms with E-state index in [9.17, 15) is 4.79 Å². The summed E-state index contributed by atoms with van der Waals surface area (Å²) in [6.07, 6.45) is 3.38. The Morgan fingerprint density at radius 2 is 2.17 bits per heavy atom. The van der Waals surface area contributed by atoms with E-state index in [4.69, 9.17) is 9.72 Å². The molecule has 29 heavy (non-hydrogen) atoms. The molecule has 0 spiro atoms. The zero-order valence-corrected chi connectivity index (χ0v) is 17.8. The van der Waals surface area contributed by atoms with Gasteiger partial charge in [-0.3, -0.25) is 4.79 Å². The van der Waals surface area contributed by atoms with Gasteiger partial charge in [0.1, 0.15) is 23.7 Å². The van der Waals surface area contributed by atoms with Crippen LogP contribution in [0.5, 0.6) is 0 Å². The molecule has 1 saturated heterocycles. The molecule has 4 heterocycles. The number of amides is 1. The van der Waals surface area contributed by atoms with Crippen LogP contribution in [0.2, 0.25) is 0 Å². The number of fused-ring (bicyclic) bond motifs is 5. The monoisotopic (exact) mass is 415 g/mol. The Labute approximate surface area is 173 Å². The quantitative estimate of drug-likeness (QED) is 0.645. The number of ether oxygens (including phenoxy) is 1. The van der Waals surface area contributed by atoms with Crippen molar-refractivity contribution in [2.75, 3.05) is 39.4 Å². The van der Waals surface area contributed by atoms with Gasteiger partial charge < -0.3 is 15.0 Å². The van der Waals surface area contributed by atoms with Crippen molar-refractivity contribution < 1.29 is 14.4 Å². The lowest BCUT2D eigenvalue weighted by Crippen LogP contribution is -3.14. The second-order valence-electron chi connectivity index (χ2n) is 8.23. The lowest BCUT2D eigenvalue weighted by molar-refractivity contribution is -0.906. The smallest absolute Gasteiger partial charge is 0.291 e. The van der Waals surface area contributed by atoms with Crippen molar-refractivity contribution in [1.29, 1.82) is 0 Å². The molecule has 0 saturated carbocycles. The first kappa shape index (κ1) is 18.9. The Bertz CT molecular complexity index is 1070. The average molecular weight is 416 g/mol. The Morgan fingerprint density at radius 3 is 3.00 bits per heavy atom. The van der Waals surface area contributed by atoms with E-state index < -0.39 is 0 Å². The standard InChI is InChI=1S/C20H26N6O2S/c1-12-3-4-15-14(11-12)16-18-23-17(24-26(18)13(2)22-20(16)29-15)19(27)21-5-6-25-7-9-28-10-8-25/h12H,3-11H2,1-2H3,(H,21,27)/p+1/t12-/m0/s1. The molecule has 0 aromatic carbocycles. The molecule has 5 rings (SSSR count). The van der Waals surface area contributed by atoms with E-state index >= 15 is 0 Å². The van der Waals surface area contributed by atoms with Crippen molar-refractivity contribution in [3.63, 3.8) is 0 Å². The summed E-state index contributed by atoms with van der Waals surface area (Å²) in [7, 11) is 0. The number of carbonyl (C=O) groups is 1. The number of carbonyl (C=O) groups excluding carboxylic acids is 1. The maximum atomic E-state index is 12.7. The predicted octanol–water partition coefficient (Wildman–Crippen LogP) is 0.417. The largest absolute Gasteiger partial charge is 0.370 e. The minimum Gasteiger partial charge on any atom is -0.370 e. The first-order chi connectivity index (χ1) is 14.1. The zero-order valence-electron chi connectivity index (χ0n) is 17.0. The van der Waals surface area contributed by atoms with Crippen molar-refractivity contribution in [2.24, 2.45) is 5.92 Å². The van der Waals surface area contributed by atoms with Crippen LogP contribution in [-0.2, 0) is 17.6 Å². The average Bonchev–Trinajstić information content (AvgIpc) is 3.30. The number of aryl methyl sites for hydroxylation is 2. The van der Waals surface area contributed by atoms with E-state index in [0.29, 0.717) is 12.5 Å². The zero-order chi connectivity index (χ0) is 20.0. The van der Waals surface area contributed by atoms with Crippen molar-refractivity contribution in [3.8, 4) is 0 Å². The van der Waals surface area contributed by atoms with E-state index in [0.717, 1.165) is 67.4 Å². The third-order valence-corrected chi connectivity index (χ3v) is 7.24. The summed E-state index contributed by atoms with van der Waals surface area (Å²) in [6, 6.07) is 0. The van der Waals surface area contributed by atoms with Gasteiger partial charge in [0.25, 0.3) is 5.91 Å². The van der Waals surface area contributed by atoms with Gasteiger partial charge >= 0.3 is 0 Å². The number of hydrogen-bond acceptors (Lipinski definition) is 6. The lowest BCUT2D eigenvalue weighted by atomic mass is 9.89. The fourth-order valence-corrected chi connectivity index (χ4v) is 5.64. The van der Waals surface area contributed by atoms with Gasteiger partial charge in [0.2, 0.25) is 5.82 Å². The topological polar surface area (TPSA) is 85.8 Å². The van der Waals surface area contributed by atoms with Crippen LogP contribution in [0.3, 0.4) is 0 Å². The van der Waals surface area contributed by atoms with E-state index in [1.165, 1.54) is 21.8 Å². The van der Waals surface area contributed by atoms with E-state index in [2.05, 4.69) is 22.3 Å². The molecule has 0 bridgehead atoms. The van der Waals surface area contributed by atoms with Crippen molar-refractivity contribution >= 4 is 33.1 Å². The first-order valence-electron chi connectivity index (χ1n) is 10.5. The number of hydrogen-bond donors (Lipinski definition) is 2. The summed E-state index contributed by atoms with van der Waals surface area (Å²) < 4.78 is 7.11. The van der Waals surface area contributed by atoms with Crippen LogP contribution in [0.15, 0.2) is 0 Å². The van der Waals surface area contributed by atoms with Gasteiger partial charge in [0, 0.05) is 4.88 Å². The maximum absolute atomic E-state index is 12.7. The van der Waals surface area contributed by atoms with Crippen molar-refractivity contribution in [1.82, 2.24) is 24.9 Å². The SMILES string of the molecule is Cc1nc2sc3c(c2c2nc(C(=O)NCC[NH+]4CCOCC4)nn12)C[C@@H](C)CC3. The van der Waals surface area contributed by atoms with E-state index in [-0.39, 0.29) is 11.7 Å². The van der Waals surface area contributed by atoms with Crippen molar-refractivity contribution in [3.05, 3.63) is 22.1 Å². The molecule has 1 amide bonds. The Morgan fingerprint density at radius 1 is 1.34 bits per heavy atom. The molecular formula is C20H27N6O2S+. The van der Waals surface area contributed by atoms with Crippen LogP contribution >= 0.6 is 11.3 Å². The Hall–Kier alpha value is -2.10. The van der Waals surface area contributed by atoms with Gasteiger partial charge in [-0.2, -0.15) is 4.52 Å². The molecule has 1 aliphatic carbocycles. The third kappa shape index (κ3) is 3.51. The Kier molecular flexibility index (Phi) is 4.97. The van der Waals surface area contributed by atoms with Crippen molar-refractivity contribution in [2.45, 2.75) is 33.1 Å². The highest BCUT2D eigenvalue weighted by atomic mass is 32.1. The number of nitrogens with zero attached hydrogens (tertiary/aromatic N) is 4. The van der Waals surface area contributed by atoms with Crippen LogP contribution in [0.1, 0.15) is 40.2 Å². The second kappa shape index (κ2) is 7.62. The number of rotatable bonds is 4. The molecule has 0 unspecified atom stereocenters. The lowest BCUT2D eigenvalue weighted by Gasteiger charge is -2.23.